The van der Waals surface area contributed by atoms with Gasteiger partial charge >= 0.3 is 0 Å². The van der Waals surface area contributed by atoms with Gasteiger partial charge in [-0.3, -0.25) is 0 Å². The van der Waals surface area contributed by atoms with Gasteiger partial charge in [0.1, 0.15) is 5.52 Å². The summed E-state index contributed by atoms with van der Waals surface area (Å²) in [5, 5.41) is 14.6. The summed E-state index contributed by atoms with van der Waals surface area (Å²) >= 11 is 1.60. The third-order valence-corrected chi connectivity index (χ3v) is 5.02. The van der Waals surface area contributed by atoms with Gasteiger partial charge in [0.2, 0.25) is 5.82 Å². The van der Waals surface area contributed by atoms with Crippen molar-refractivity contribution < 1.29 is 4.52 Å². The number of hydrogen-bond acceptors (Lipinski definition) is 7. The summed E-state index contributed by atoms with van der Waals surface area (Å²) in [6, 6.07) is 7.98. The summed E-state index contributed by atoms with van der Waals surface area (Å²) in [4.78, 5) is 7.66. The molecule has 0 bridgehead atoms. The number of nitrogens with zero attached hydrogens (tertiary/aromatic N) is 6. The predicted molar refractivity (Wildman–Crippen MR) is 97.4 cm³/mol. The molecule has 0 atom stereocenters. The van der Waals surface area contributed by atoms with Crippen molar-refractivity contribution in [3.63, 3.8) is 0 Å². The van der Waals surface area contributed by atoms with Crippen molar-refractivity contribution in [1.82, 2.24) is 30.0 Å². The van der Waals surface area contributed by atoms with E-state index in [0.29, 0.717) is 11.7 Å². The van der Waals surface area contributed by atoms with Crippen LogP contribution in [0.5, 0.6) is 0 Å². The minimum absolute atomic E-state index is 0.553. The van der Waals surface area contributed by atoms with Crippen molar-refractivity contribution in [2.24, 2.45) is 0 Å². The van der Waals surface area contributed by atoms with Crippen LogP contribution in [0.25, 0.3) is 33.2 Å². The quantitative estimate of drug-likeness (QED) is 0.548. The Morgan fingerprint density at radius 1 is 1.24 bits per heavy atom. The predicted octanol–water partition coefficient (Wildman–Crippen LogP) is 3.08. The van der Waals surface area contributed by atoms with Crippen LogP contribution in [0.4, 0.5) is 0 Å². The number of thiophene rings is 1. The molecule has 0 saturated heterocycles. The van der Waals surface area contributed by atoms with E-state index in [0.717, 1.165) is 40.1 Å². The topological polar surface area (TPSA) is 72.9 Å². The first-order valence-electron chi connectivity index (χ1n) is 7.98. The van der Waals surface area contributed by atoms with Crippen molar-refractivity contribution in [1.29, 1.82) is 0 Å². The Bertz CT molecular complexity index is 1020. The molecule has 128 valence electrons. The lowest BCUT2D eigenvalue weighted by atomic mass is 10.2. The minimum Gasteiger partial charge on any atom is -0.333 e. The molecule has 0 aliphatic carbocycles. The molecule has 0 saturated carbocycles. The van der Waals surface area contributed by atoms with E-state index < -0.39 is 0 Å². The fraction of sp³-hybridized carbons (Fsp3) is 0.294. The lowest BCUT2D eigenvalue weighted by molar-refractivity contribution is 0.374. The molecule has 4 rings (SSSR count). The third kappa shape index (κ3) is 3.06. The summed E-state index contributed by atoms with van der Waals surface area (Å²) in [6.45, 7) is 3.75. The van der Waals surface area contributed by atoms with Crippen molar-refractivity contribution in [2.75, 3.05) is 20.6 Å². The van der Waals surface area contributed by atoms with Gasteiger partial charge in [0, 0.05) is 12.1 Å². The Morgan fingerprint density at radius 2 is 2.12 bits per heavy atom. The van der Waals surface area contributed by atoms with Crippen LogP contribution in [0.1, 0.15) is 5.56 Å². The highest BCUT2D eigenvalue weighted by molar-refractivity contribution is 7.13. The first-order valence-corrected chi connectivity index (χ1v) is 8.86. The molecule has 8 heteroatoms. The average molecular weight is 354 g/mol. The molecule has 3 heterocycles. The number of fused-ring (bicyclic) bond motifs is 1. The molecule has 7 nitrogen and oxygen atoms in total. The maximum Gasteiger partial charge on any atom is 0.268 e. The van der Waals surface area contributed by atoms with Crippen LogP contribution in [-0.2, 0) is 6.54 Å². The molecule has 0 radical (unpaired) electrons. The Balaban J connectivity index is 1.64. The number of aromatic nitrogens is 5. The lowest BCUT2D eigenvalue weighted by Gasteiger charge is -2.09. The molecule has 0 aliphatic rings. The summed E-state index contributed by atoms with van der Waals surface area (Å²) in [6.07, 6.45) is 0. The summed E-state index contributed by atoms with van der Waals surface area (Å²) in [5.41, 5.74) is 3.84. The van der Waals surface area contributed by atoms with Crippen LogP contribution in [0.3, 0.4) is 0 Å². The molecule has 0 fully saturated rings. The highest BCUT2D eigenvalue weighted by Crippen LogP contribution is 2.29. The zero-order valence-electron chi connectivity index (χ0n) is 14.3. The van der Waals surface area contributed by atoms with Crippen LogP contribution < -0.4 is 0 Å². The first-order chi connectivity index (χ1) is 12.1. The van der Waals surface area contributed by atoms with Crippen molar-refractivity contribution in [3.05, 3.63) is 35.2 Å². The fourth-order valence-electron chi connectivity index (χ4n) is 2.60. The molecule has 0 unspecified atom stereocenters. The van der Waals surface area contributed by atoms with E-state index in [9.17, 15) is 0 Å². The highest BCUT2D eigenvalue weighted by Gasteiger charge is 2.15. The highest BCUT2D eigenvalue weighted by atomic mass is 32.1. The Kier molecular flexibility index (Phi) is 4.06. The van der Waals surface area contributed by atoms with Crippen molar-refractivity contribution in [3.8, 4) is 22.2 Å². The zero-order chi connectivity index (χ0) is 17.4. The first kappa shape index (κ1) is 15.9. The average Bonchev–Trinajstić information content (AvgIpc) is 3.31. The molecular weight excluding hydrogens is 336 g/mol. The van der Waals surface area contributed by atoms with E-state index >= 15 is 0 Å². The van der Waals surface area contributed by atoms with E-state index in [2.05, 4.69) is 25.4 Å². The summed E-state index contributed by atoms with van der Waals surface area (Å²) < 4.78 is 7.34. The van der Waals surface area contributed by atoms with Crippen LogP contribution in [0.15, 0.2) is 34.2 Å². The van der Waals surface area contributed by atoms with E-state index in [-0.39, 0.29) is 0 Å². The molecule has 0 amide bonds. The van der Waals surface area contributed by atoms with E-state index in [1.54, 1.807) is 11.3 Å². The number of likely N-dealkylation sites (N-methyl/N-ethyl adjacent to an activating group) is 1. The largest absolute Gasteiger partial charge is 0.333 e. The molecule has 0 spiro atoms. The van der Waals surface area contributed by atoms with Crippen molar-refractivity contribution >= 4 is 22.4 Å². The minimum atomic E-state index is 0.553. The van der Waals surface area contributed by atoms with Gasteiger partial charge in [0.05, 0.1) is 16.9 Å². The Hall–Kier alpha value is -2.58. The Morgan fingerprint density at radius 3 is 2.88 bits per heavy atom. The van der Waals surface area contributed by atoms with E-state index in [1.165, 1.54) is 0 Å². The van der Waals surface area contributed by atoms with Crippen LogP contribution >= 0.6 is 11.3 Å². The molecular formula is C17H18N6OS. The van der Waals surface area contributed by atoms with Crippen LogP contribution in [-0.4, -0.2) is 50.7 Å². The third-order valence-electron chi connectivity index (χ3n) is 4.01. The molecule has 0 N–H and O–H groups in total. The van der Waals surface area contributed by atoms with Gasteiger partial charge in [-0.1, -0.05) is 10.4 Å². The zero-order valence-corrected chi connectivity index (χ0v) is 15.1. The van der Waals surface area contributed by atoms with Gasteiger partial charge in [0.15, 0.2) is 0 Å². The van der Waals surface area contributed by atoms with Gasteiger partial charge in [0.25, 0.3) is 5.89 Å². The van der Waals surface area contributed by atoms with E-state index in [4.69, 9.17) is 4.52 Å². The van der Waals surface area contributed by atoms with Crippen LogP contribution in [0, 0.1) is 6.92 Å². The smallest absolute Gasteiger partial charge is 0.268 e. The van der Waals surface area contributed by atoms with Crippen LogP contribution in [0.2, 0.25) is 0 Å². The van der Waals surface area contributed by atoms with Gasteiger partial charge in [-0.15, -0.1) is 16.4 Å². The molecule has 4 aromatic rings. The second kappa shape index (κ2) is 6.38. The monoisotopic (exact) mass is 354 g/mol. The number of aryl methyl sites for hydroxylation is 1. The SMILES string of the molecule is Cc1ccsc1-c1nc(-c2ccc3c(c2)nnn3CCN(C)C)no1. The maximum absolute atomic E-state index is 5.43. The maximum atomic E-state index is 5.43. The normalized spacial score (nSPS) is 11.7. The number of hydrogen-bond donors (Lipinski definition) is 0. The molecule has 0 aliphatic heterocycles. The molecule has 3 aromatic heterocycles. The molecule has 1 aromatic carbocycles. The molecule has 25 heavy (non-hydrogen) atoms. The number of rotatable bonds is 5. The van der Waals surface area contributed by atoms with Gasteiger partial charge in [-0.2, -0.15) is 4.98 Å². The van der Waals surface area contributed by atoms with Crippen molar-refractivity contribution in [2.45, 2.75) is 13.5 Å². The number of benzene rings is 1. The summed E-state index contributed by atoms with van der Waals surface area (Å²) in [7, 11) is 4.08. The lowest BCUT2D eigenvalue weighted by Crippen LogP contribution is -2.18. The standard InChI is InChI=1S/C17H18N6OS/c1-11-6-9-25-15(11)17-18-16(20-24-17)12-4-5-14-13(10-12)19-21-23(14)8-7-22(2)3/h4-6,9-10H,7-8H2,1-3H3. The van der Waals surface area contributed by atoms with Gasteiger partial charge in [-0.25, -0.2) is 4.68 Å². The fourth-order valence-corrected chi connectivity index (χ4v) is 3.44. The summed E-state index contributed by atoms with van der Waals surface area (Å²) in [5.74, 6) is 1.12. The van der Waals surface area contributed by atoms with Gasteiger partial charge < -0.3 is 9.42 Å². The van der Waals surface area contributed by atoms with Gasteiger partial charge in [-0.05, 0) is 56.2 Å². The van der Waals surface area contributed by atoms with E-state index in [1.807, 2.05) is 55.3 Å². The Labute approximate surface area is 148 Å². The second-order valence-electron chi connectivity index (χ2n) is 6.18. The second-order valence-corrected chi connectivity index (χ2v) is 7.09.